The van der Waals surface area contributed by atoms with Gasteiger partial charge in [0.15, 0.2) is 5.82 Å². The zero-order valence-corrected chi connectivity index (χ0v) is 19.3. The standard InChI is InChI=1S/C24H29N5O4/c1-15-8-10-28(23(31)33-24(2,3)4)17-7-5-6-16(12-17)14-29-18-13-19(32-11-9-15)26-21(25)20(18)27-22(29)30/h5-8,12-13H,9-11,14H2,1-4H3,(H2,25,26)(H,27,30)/b15-8-. The Hall–Kier alpha value is -3.75. The fourth-order valence-corrected chi connectivity index (χ4v) is 3.66. The lowest BCUT2D eigenvalue weighted by Gasteiger charge is -2.27. The normalized spacial score (nSPS) is 16.5. The van der Waals surface area contributed by atoms with E-state index in [1.165, 1.54) is 0 Å². The lowest BCUT2D eigenvalue weighted by atomic mass is 10.1. The van der Waals surface area contributed by atoms with Crippen LogP contribution in [0.3, 0.4) is 0 Å². The van der Waals surface area contributed by atoms with Crippen molar-refractivity contribution < 1.29 is 14.3 Å². The quantitative estimate of drug-likeness (QED) is 0.502. The highest BCUT2D eigenvalue weighted by Gasteiger charge is 2.23. The van der Waals surface area contributed by atoms with E-state index in [2.05, 4.69) is 9.97 Å². The molecule has 3 aromatic rings. The van der Waals surface area contributed by atoms with Gasteiger partial charge in [-0.1, -0.05) is 23.8 Å². The van der Waals surface area contributed by atoms with E-state index in [1.54, 1.807) is 15.5 Å². The van der Waals surface area contributed by atoms with Crippen LogP contribution in [-0.4, -0.2) is 39.4 Å². The first-order valence-corrected chi connectivity index (χ1v) is 10.9. The van der Waals surface area contributed by atoms with E-state index in [0.717, 1.165) is 11.1 Å². The number of fused-ring (bicyclic) bond motifs is 3. The van der Waals surface area contributed by atoms with Crippen LogP contribution in [-0.2, 0) is 11.3 Å². The van der Waals surface area contributed by atoms with Crippen molar-refractivity contribution in [2.75, 3.05) is 23.8 Å². The van der Waals surface area contributed by atoms with E-state index < -0.39 is 11.7 Å². The molecule has 3 N–H and O–H groups in total. The molecule has 0 atom stereocenters. The number of rotatable bonds is 0. The first-order valence-electron chi connectivity index (χ1n) is 10.9. The molecule has 2 aromatic heterocycles. The maximum atomic E-state index is 13.0. The molecule has 1 aromatic carbocycles. The Bertz CT molecular complexity index is 1280. The second-order valence-corrected chi connectivity index (χ2v) is 9.17. The Morgan fingerprint density at radius 2 is 2.06 bits per heavy atom. The minimum atomic E-state index is -0.626. The summed E-state index contributed by atoms with van der Waals surface area (Å²) in [5.74, 6) is 0.569. The van der Waals surface area contributed by atoms with Gasteiger partial charge in [0.05, 0.1) is 18.7 Å². The number of carbonyl (C=O) groups is 1. The Morgan fingerprint density at radius 1 is 1.27 bits per heavy atom. The van der Waals surface area contributed by atoms with Gasteiger partial charge in [-0.05, 0) is 45.4 Å². The van der Waals surface area contributed by atoms with E-state index in [0.29, 0.717) is 42.2 Å². The highest BCUT2D eigenvalue weighted by molar-refractivity contribution is 5.88. The number of hydrogen-bond acceptors (Lipinski definition) is 6. The van der Waals surface area contributed by atoms with Crippen LogP contribution in [0.1, 0.15) is 39.7 Å². The lowest BCUT2D eigenvalue weighted by molar-refractivity contribution is 0.0584. The monoisotopic (exact) mass is 451 g/mol. The zero-order chi connectivity index (χ0) is 23.8. The SMILES string of the molecule is C/C1=C/CN(C(=O)OC(C)(C)C)c2cccc(c2)Cn2c(=O)[nH]c3c(N)nc(cc32)OCC1. The van der Waals surface area contributed by atoms with Crippen LogP contribution in [0.25, 0.3) is 11.0 Å². The van der Waals surface area contributed by atoms with Crippen molar-refractivity contribution >= 4 is 28.6 Å². The number of imidazole rings is 1. The number of benzene rings is 1. The average Bonchev–Trinajstić information content (AvgIpc) is 3.03. The number of nitrogens with two attached hydrogens (primary N) is 1. The van der Waals surface area contributed by atoms with Crippen molar-refractivity contribution in [1.29, 1.82) is 0 Å². The van der Waals surface area contributed by atoms with Crippen LogP contribution in [0.2, 0.25) is 0 Å². The highest BCUT2D eigenvalue weighted by atomic mass is 16.6. The molecule has 4 bridgehead atoms. The largest absolute Gasteiger partial charge is 0.477 e. The van der Waals surface area contributed by atoms with Crippen molar-refractivity contribution in [3.8, 4) is 5.88 Å². The van der Waals surface area contributed by atoms with E-state index in [-0.39, 0.29) is 18.1 Å². The fourth-order valence-electron chi connectivity index (χ4n) is 3.66. The van der Waals surface area contributed by atoms with Crippen molar-refractivity contribution in [2.45, 2.75) is 46.3 Å². The number of amides is 1. The third-order valence-corrected chi connectivity index (χ3v) is 5.32. The van der Waals surface area contributed by atoms with Crippen LogP contribution < -0.4 is 21.1 Å². The summed E-state index contributed by atoms with van der Waals surface area (Å²) in [6.45, 7) is 8.51. The number of hydrogen-bond donors (Lipinski definition) is 2. The van der Waals surface area contributed by atoms with Crippen LogP contribution in [0.5, 0.6) is 5.88 Å². The van der Waals surface area contributed by atoms with Crippen LogP contribution >= 0.6 is 0 Å². The van der Waals surface area contributed by atoms with Gasteiger partial charge in [0.2, 0.25) is 5.88 Å². The Labute approximate surface area is 191 Å². The predicted octanol–water partition coefficient (Wildman–Crippen LogP) is 3.83. The molecule has 1 aliphatic heterocycles. The summed E-state index contributed by atoms with van der Waals surface area (Å²) in [5.41, 5.74) is 8.83. The minimum Gasteiger partial charge on any atom is -0.477 e. The van der Waals surface area contributed by atoms with E-state index in [1.807, 2.05) is 58.0 Å². The number of nitrogens with one attached hydrogen (secondary N) is 1. The van der Waals surface area contributed by atoms with Crippen molar-refractivity contribution in [3.63, 3.8) is 0 Å². The van der Waals surface area contributed by atoms with Crippen molar-refractivity contribution in [3.05, 3.63) is 58.0 Å². The van der Waals surface area contributed by atoms with E-state index >= 15 is 0 Å². The molecule has 0 unspecified atom stereocenters. The molecular formula is C24H29N5O4. The fraction of sp³-hybridized carbons (Fsp3) is 0.375. The van der Waals surface area contributed by atoms with Gasteiger partial charge in [-0.3, -0.25) is 9.47 Å². The first kappa shape index (κ1) is 22.4. The molecule has 0 saturated heterocycles. The molecule has 1 aliphatic rings. The molecule has 9 nitrogen and oxygen atoms in total. The third kappa shape index (κ3) is 5.02. The third-order valence-electron chi connectivity index (χ3n) is 5.32. The minimum absolute atomic E-state index is 0.208. The van der Waals surface area contributed by atoms with Crippen LogP contribution in [0.4, 0.5) is 16.3 Å². The number of H-pyrrole nitrogens is 1. The number of pyridine rings is 1. The second kappa shape index (κ2) is 8.65. The van der Waals surface area contributed by atoms with Gasteiger partial charge in [-0.15, -0.1) is 0 Å². The molecule has 9 heteroatoms. The number of nitrogen functional groups attached to an aromatic ring is 1. The van der Waals surface area contributed by atoms with Gasteiger partial charge >= 0.3 is 11.8 Å². The number of ether oxygens (including phenoxy) is 2. The molecule has 0 spiro atoms. The molecule has 33 heavy (non-hydrogen) atoms. The number of nitrogens with zero attached hydrogens (tertiary/aromatic N) is 3. The second-order valence-electron chi connectivity index (χ2n) is 9.17. The molecule has 1 amide bonds. The first-order chi connectivity index (χ1) is 15.6. The number of aromatic amines is 1. The maximum Gasteiger partial charge on any atom is 0.415 e. The number of aromatic nitrogens is 3. The summed E-state index contributed by atoms with van der Waals surface area (Å²) in [6.07, 6.45) is 2.19. The number of carbonyl (C=O) groups excluding carboxylic acids is 1. The van der Waals surface area contributed by atoms with E-state index in [9.17, 15) is 9.59 Å². The predicted molar refractivity (Wildman–Crippen MR) is 128 cm³/mol. The maximum absolute atomic E-state index is 13.0. The van der Waals surface area contributed by atoms with Gasteiger partial charge < -0.3 is 20.2 Å². The van der Waals surface area contributed by atoms with Crippen LogP contribution in [0, 0.1) is 0 Å². The van der Waals surface area contributed by atoms with Gasteiger partial charge in [-0.25, -0.2) is 9.59 Å². The topological polar surface area (TPSA) is 115 Å². The summed E-state index contributed by atoms with van der Waals surface area (Å²) in [6, 6.07) is 9.24. The summed E-state index contributed by atoms with van der Waals surface area (Å²) in [5, 5.41) is 0. The number of anilines is 2. The summed E-state index contributed by atoms with van der Waals surface area (Å²) < 4.78 is 13.1. The Morgan fingerprint density at radius 3 is 2.82 bits per heavy atom. The lowest BCUT2D eigenvalue weighted by Crippen LogP contribution is -2.37. The van der Waals surface area contributed by atoms with Crippen molar-refractivity contribution in [1.82, 2.24) is 14.5 Å². The average molecular weight is 452 g/mol. The molecule has 0 fully saturated rings. The highest BCUT2D eigenvalue weighted by Crippen LogP contribution is 2.25. The Balaban J connectivity index is 1.81. The molecule has 174 valence electrons. The smallest absolute Gasteiger partial charge is 0.415 e. The zero-order valence-electron chi connectivity index (χ0n) is 19.3. The molecule has 0 saturated carbocycles. The molecular weight excluding hydrogens is 422 g/mol. The molecule has 0 radical (unpaired) electrons. The summed E-state index contributed by atoms with van der Waals surface area (Å²) in [7, 11) is 0. The molecule has 0 aliphatic carbocycles. The summed E-state index contributed by atoms with van der Waals surface area (Å²) >= 11 is 0. The van der Waals surface area contributed by atoms with Crippen molar-refractivity contribution in [2.24, 2.45) is 0 Å². The van der Waals surface area contributed by atoms with Gasteiger partial charge in [-0.2, -0.15) is 4.98 Å². The van der Waals surface area contributed by atoms with Crippen LogP contribution in [0.15, 0.2) is 46.8 Å². The Kier molecular flexibility index (Phi) is 5.88. The van der Waals surface area contributed by atoms with Gasteiger partial charge in [0.1, 0.15) is 11.1 Å². The molecule has 4 rings (SSSR count). The van der Waals surface area contributed by atoms with Gasteiger partial charge in [0.25, 0.3) is 0 Å². The molecule has 3 heterocycles. The summed E-state index contributed by atoms with van der Waals surface area (Å²) in [4.78, 5) is 34.4. The van der Waals surface area contributed by atoms with Gasteiger partial charge in [0, 0.05) is 24.7 Å². The van der Waals surface area contributed by atoms with E-state index in [4.69, 9.17) is 15.2 Å².